The summed E-state index contributed by atoms with van der Waals surface area (Å²) in [6, 6.07) is 17.4. The van der Waals surface area contributed by atoms with Crippen molar-refractivity contribution in [3.63, 3.8) is 0 Å². The number of ether oxygens (including phenoxy) is 1. The highest BCUT2D eigenvalue weighted by atomic mass is 16.5. The molecular formula is C19H24O. The van der Waals surface area contributed by atoms with E-state index in [1.807, 2.05) is 0 Å². The van der Waals surface area contributed by atoms with Gasteiger partial charge >= 0.3 is 0 Å². The van der Waals surface area contributed by atoms with Gasteiger partial charge in [0.2, 0.25) is 0 Å². The third-order valence-corrected chi connectivity index (χ3v) is 3.26. The van der Waals surface area contributed by atoms with E-state index in [0.29, 0.717) is 12.0 Å². The van der Waals surface area contributed by atoms with Crippen molar-refractivity contribution < 1.29 is 4.74 Å². The van der Waals surface area contributed by atoms with E-state index >= 15 is 0 Å². The van der Waals surface area contributed by atoms with E-state index in [1.165, 1.54) is 22.3 Å². The van der Waals surface area contributed by atoms with E-state index < -0.39 is 0 Å². The molecule has 2 aromatic carbocycles. The lowest BCUT2D eigenvalue weighted by Crippen LogP contribution is -2.08. The van der Waals surface area contributed by atoms with Gasteiger partial charge in [0, 0.05) is 7.11 Å². The summed E-state index contributed by atoms with van der Waals surface area (Å²) in [7, 11) is 1.73. The van der Waals surface area contributed by atoms with Crippen LogP contribution in [0, 0.1) is 5.41 Å². The molecule has 0 atom stereocenters. The van der Waals surface area contributed by atoms with Crippen LogP contribution in [0.3, 0.4) is 0 Å². The topological polar surface area (TPSA) is 9.23 Å². The molecule has 0 aromatic heterocycles. The summed E-state index contributed by atoms with van der Waals surface area (Å²) in [5.74, 6) is 0. The summed E-state index contributed by atoms with van der Waals surface area (Å²) in [4.78, 5) is 0. The third-order valence-electron chi connectivity index (χ3n) is 3.26. The molecule has 0 heterocycles. The van der Waals surface area contributed by atoms with Crippen LogP contribution in [-0.4, -0.2) is 7.11 Å². The molecule has 0 N–H and O–H groups in total. The third kappa shape index (κ3) is 4.21. The van der Waals surface area contributed by atoms with Gasteiger partial charge < -0.3 is 4.74 Å². The smallest absolute Gasteiger partial charge is 0.0713 e. The fourth-order valence-corrected chi connectivity index (χ4v) is 2.43. The van der Waals surface area contributed by atoms with Crippen molar-refractivity contribution in [2.24, 2.45) is 5.41 Å². The first-order valence-electron chi connectivity index (χ1n) is 7.15. The molecule has 0 spiro atoms. The Morgan fingerprint density at radius 1 is 0.850 bits per heavy atom. The van der Waals surface area contributed by atoms with Gasteiger partial charge in [-0.2, -0.15) is 0 Å². The van der Waals surface area contributed by atoms with Gasteiger partial charge in [-0.1, -0.05) is 63.2 Å². The molecule has 0 aliphatic heterocycles. The maximum Gasteiger partial charge on any atom is 0.0713 e. The number of hydrogen-bond donors (Lipinski definition) is 0. The first-order chi connectivity index (χ1) is 9.48. The van der Waals surface area contributed by atoms with Gasteiger partial charge in [0.25, 0.3) is 0 Å². The standard InChI is InChI=1S/C19H24O/c1-19(2,3)13-15-8-10-17(11-9-15)18-7-5-6-16(12-18)14-20-4/h5-12H,13-14H2,1-4H3. The van der Waals surface area contributed by atoms with Crippen molar-refractivity contribution in [2.75, 3.05) is 7.11 Å². The van der Waals surface area contributed by atoms with Crippen LogP contribution < -0.4 is 0 Å². The van der Waals surface area contributed by atoms with Crippen LogP contribution in [-0.2, 0) is 17.8 Å². The van der Waals surface area contributed by atoms with Crippen molar-refractivity contribution in [1.82, 2.24) is 0 Å². The highest BCUT2D eigenvalue weighted by Crippen LogP contribution is 2.24. The van der Waals surface area contributed by atoms with Crippen molar-refractivity contribution in [3.8, 4) is 11.1 Å². The Morgan fingerprint density at radius 2 is 1.55 bits per heavy atom. The van der Waals surface area contributed by atoms with Crippen molar-refractivity contribution in [1.29, 1.82) is 0 Å². The summed E-state index contributed by atoms with van der Waals surface area (Å²) in [5, 5.41) is 0. The molecule has 2 aromatic rings. The molecule has 0 radical (unpaired) electrons. The number of rotatable bonds is 4. The van der Waals surface area contributed by atoms with E-state index in [0.717, 1.165) is 6.42 Å². The molecule has 0 aliphatic rings. The quantitative estimate of drug-likeness (QED) is 0.750. The molecule has 0 amide bonds. The number of hydrogen-bond acceptors (Lipinski definition) is 1. The maximum absolute atomic E-state index is 5.19. The van der Waals surface area contributed by atoms with Gasteiger partial charge in [-0.05, 0) is 40.2 Å². The van der Waals surface area contributed by atoms with E-state index in [9.17, 15) is 0 Å². The van der Waals surface area contributed by atoms with Gasteiger partial charge in [0.05, 0.1) is 6.61 Å². The Bertz CT molecular complexity index is 547. The van der Waals surface area contributed by atoms with E-state index in [-0.39, 0.29) is 0 Å². The fraction of sp³-hybridized carbons (Fsp3) is 0.368. The molecule has 106 valence electrons. The number of benzene rings is 2. The fourth-order valence-electron chi connectivity index (χ4n) is 2.43. The molecule has 0 bridgehead atoms. The number of methoxy groups -OCH3 is 1. The highest BCUT2D eigenvalue weighted by Gasteiger charge is 2.11. The SMILES string of the molecule is COCc1cccc(-c2ccc(CC(C)(C)C)cc2)c1. The normalized spacial score (nSPS) is 11.6. The van der Waals surface area contributed by atoms with Crippen LogP contribution in [0.1, 0.15) is 31.9 Å². The van der Waals surface area contributed by atoms with Crippen LogP contribution in [0.5, 0.6) is 0 Å². The lowest BCUT2D eigenvalue weighted by atomic mass is 9.87. The van der Waals surface area contributed by atoms with Crippen LogP contribution in [0.2, 0.25) is 0 Å². The molecule has 20 heavy (non-hydrogen) atoms. The Kier molecular flexibility index (Phi) is 4.61. The average molecular weight is 268 g/mol. The summed E-state index contributed by atoms with van der Waals surface area (Å²) in [5.41, 5.74) is 5.46. The van der Waals surface area contributed by atoms with E-state index in [4.69, 9.17) is 4.74 Å². The highest BCUT2D eigenvalue weighted by molar-refractivity contribution is 5.64. The minimum atomic E-state index is 0.333. The molecule has 0 unspecified atom stereocenters. The van der Waals surface area contributed by atoms with Gasteiger partial charge in [-0.25, -0.2) is 0 Å². The predicted octanol–water partition coefficient (Wildman–Crippen LogP) is 5.09. The predicted molar refractivity (Wildman–Crippen MR) is 85.8 cm³/mol. The lowest BCUT2D eigenvalue weighted by Gasteiger charge is -2.18. The summed E-state index contributed by atoms with van der Waals surface area (Å²) >= 11 is 0. The maximum atomic E-state index is 5.19. The average Bonchev–Trinajstić information content (AvgIpc) is 2.38. The molecule has 1 nitrogen and oxygen atoms in total. The second kappa shape index (κ2) is 6.23. The Morgan fingerprint density at radius 3 is 2.15 bits per heavy atom. The van der Waals surface area contributed by atoms with Crippen LogP contribution in [0.15, 0.2) is 48.5 Å². The first-order valence-corrected chi connectivity index (χ1v) is 7.15. The van der Waals surface area contributed by atoms with Crippen molar-refractivity contribution in [2.45, 2.75) is 33.8 Å². The first kappa shape index (κ1) is 14.8. The molecule has 1 heteroatoms. The molecule has 0 saturated heterocycles. The molecule has 0 fully saturated rings. The Labute approximate surface area is 122 Å². The van der Waals surface area contributed by atoms with Crippen LogP contribution in [0.4, 0.5) is 0 Å². The zero-order chi connectivity index (χ0) is 14.6. The van der Waals surface area contributed by atoms with Gasteiger partial charge in [-0.3, -0.25) is 0 Å². The summed E-state index contributed by atoms with van der Waals surface area (Å²) < 4.78 is 5.19. The van der Waals surface area contributed by atoms with Crippen LogP contribution in [0.25, 0.3) is 11.1 Å². The van der Waals surface area contributed by atoms with E-state index in [1.54, 1.807) is 7.11 Å². The minimum absolute atomic E-state index is 0.333. The second-order valence-corrected chi connectivity index (χ2v) is 6.57. The van der Waals surface area contributed by atoms with Gasteiger partial charge in [-0.15, -0.1) is 0 Å². The molecular weight excluding hydrogens is 244 g/mol. The molecule has 0 aliphatic carbocycles. The van der Waals surface area contributed by atoms with Crippen molar-refractivity contribution >= 4 is 0 Å². The zero-order valence-electron chi connectivity index (χ0n) is 12.9. The molecule has 2 rings (SSSR count). The van der Waals surface area contributed by atoms with Gasteiger partial charge in [0.1, 0.15) is 0 Å². The monoisotopic (exact) mass is 268 g/mol. The Hall–Kier alpha value is -1.60. The summed E-state index contributed by atoms with van der Waals surface area (Å²) in [6.45, 7) is 7.48. The van der Waals surface area contributed by atoms with Gasteiger partial charge in [0.15, 0.2) is 0 Å². The second-order valence-electron chi connectivity index (χ2n) is 6.57. The molecule has 0 saturated carbocycles. The van der Waals surface area contributed by atoms with E-state index in [2.05, 4.69) is 69.3 Å². The largest absolute Gasteiger partial charge is 0.380 e. The van der Waals surface area contributed by atoms with Crippen LogP contribution >= 0.6 is 0 Å². The summed E-state index contributed by atoms with van der Waals surface area (Å²) in [6.07, 6.45) is 1.11. The lowest BCUT2D eigenvalue weighted by molar-refractivity contribution is 0.185. The Balaban J connectivity index is 2.19. The van der Waals surface area contributed by atoms with Crippen molar-refractivity contribution in [3.05, 3.63) is 59.7 Å². The zero-order valence-corrected chi connectivity index (χ0v) is 12.9. The minimum Gasteiger partial charge on any atom is -0.380 e.